The van der Waals surface area contributed by atoms with Gasteiger partial charge in [0.25, 0.3) is 10.0 Å². The first-order valence-corrected chi connectivity index (χ1v) is 12.2. The molecule has 1 aliphatic heterocycles. The van der Waals surface area contributed by atoms with Gasteiger partial charge in [-0.1, -0.05) is 42.5 Å². The van der Waals surface area contributed by atoms with E-state index in [0.29, 0.717) is 37.6 Å². The fourth-order valence-electron chi connectivity index (χ4n) is 3.90. The molecule has 6 nitrogen and oxygen atoms in total. The molecule has 8 heteroatoms. The minimum Gasteiger partial charge on any atom is -0.366 e. The van der Waals surface area contributed by atoms with Crippen LogP contribution in [0.4, 0.5) is 15.8 Å². The average Bonchev–Trinajstić information content (AvgIpc) is 2.85. The molecule has 0 saturated carbocycles. The van der Waals surface area contributed by atoms with Crippen LogP contribution in [-0.2, 0) is 21.2 Å². The molecule has 1 heterocycles. The van der Waals surface area contributed by atoms with Crippen molar-refractivity contribution >= 4 is 27.3 Å². The second-order valence-corrected chi connectivity index (χ2v) is 9.92. The summed E-state index contributed by atoms with van der Waals surface area (Å²) in [6, 6.07) is 21.9. The number of nitrogens with zero attached hydrogens (tertiary/aromatic N) is 3. The molecule has 0 bridgehead atoms. The molecule has 0 aromatic heterocycles. The predicted molar refractivity (Wildman–Crippen MR) is 127 cm³/mol. The Labute approximate surface area is 193 Å². The Bertz CT molecular complexity index is 1210. The summed E-state index contributed by atoms with van der Waals surface area (Å²) in [4.78, 5) is 16.7. The molecule has 0 radical (unpaired) electrons. The molecule has 0 aliphatic carbocycles. The largest absolute Gasteiger partial charge is 0.366 e. The van der Waals surface area contributed by atoms with Crippen molar-refractivity contribution in [1.29, 1.82) is 0 Å². The minimum absolute atomic E-state index is 0.00111. The lowest BCUT2D eigenvalue weighted by Gasteiger charge is -2.36. The van der Waals surface area contributed by atoms with Crippen LogP contribution in [0.1, 0.15) is 5.56 Å². The second-order valence-electron chi connectivity index (χ2n) is 7.95. The molecular formula is C25H26FN3O3S. The number of carbonyl (C=O) groups excluding carboxylic acids is 1. The number of rotatable bonds is 6. The van der Waals surface area contributed by atoms with Crippen LogP contribution in [0, 0.1) is 5.82 Å². The molecular weight excluding hydrogens is 441 g/mol. The highest BCUT2D eigenvalue weighted by Crippen LogP contribution is 2.23. The standard InChI is InChI=1S/C25H26FN3O3S/c1-27(33(31,32)22-7-3-2-4-8-22)21-13-11-20(12-14-21)19-25(30)29-17-15-28(16-18-29)24-10-6-5-9-23(24)26/h2-14H,15-19H2,1H3. The summed E-state index contributed by atoms with van der Waals surface area (Å²) in [5, 5.41) is 0. The smallest absolute Gasteiger partial charge is 0.264 e. The summed E-state index contributed by atoms with van der Waals surface area (Å²) in [6.45, 7) is 2.22. The summed E-state index contributed by atoms with van der Waals surface area (Å²) in [7, 11) is -2.14. The molecule has 1 saturated heterocycles. The third-order valence-electron chi connectivity index (χ3n) is 5.88. The summed E-state index contributed by atoms with van der Waals surface area (Å²) in [5.74, 6) is -0.252. The number of halogens is 1. The van der Waals surface area contributed by atoms with E-state index in [4.69, 9.17) is 0 Å². The maximum atomic E-state index is 14.0. The van der Waals surface area contributed by atoms with Gasteiger partial charge in [0, 0.05) is 33.2 Å². The van der Waals surface area contributed by atoms with Gasteiger partial charge in [-0.2, -0.15) is 0 Å². The number of amides is 1. The topological polar surface area (TPSA) is 60.9 Å². The third kappa shape index (κ3) is 5.01. The first kappa shape index (κ1) is 22.8. The number of piperazine rings is 1. The van der Waals surface area contributed by atoms with Gasteiger partial charge in [-0.25, -0.2) is 12.8 Å². The lowest BCUT2D eigenvalue weighted by atomic mass is 10.1. The van der Waals surface area contributed by atoms with E-state index >= 15 is 0 Å². The highest BCUT2D eigenvalue weighted by molar-refractivity contribution is 7.92. The molecule has 0 unspecified atom stereocenters. The number of para-hydroxylation sites is 1. The van der Waals surface area contributed by atoms with Crippen molar-refractivity contribution in [2.45, 2.75) is 11.3 Å². The van der Waals surface area contributed by atoms with Gasteiger partial charge in [0.1, 0.15) is 5.82 Å². The lowest BCUT2D eigenvalue weighted by molar-refractivity contribution is -0.130. The summed E-state index contributed by atoms with van der Waals surface area (Å²) in [6.07, 6.45) is 0.231. The molecule has 1 fully saturated rings. The third-order valence-corrected chi connectivity index (χ3v) is 7.68. The van der Waals surface area contributed by atoms with Crippen LogP contribution in [0.3, 0.4) is 0 Å². The Kier molecular flexibility index (Phi) is 6.65. The number of carbonyl (C=O) groups is 1. The van der Waals surface area contributed by atoms with Gasteiger partial charge in [0.2, 0.25) is 5.91 Å². The van der Waals surface area contributed by atoms with Crippen LogP contribution in [-0.4, -0.2) is 52.5 Å². The SMILES string of the molecule is CN(c1ccc(CC(=O)N2CCN(c3ccccc3F)CC2)cc1)S(=O)(=O)c1ccccc1. The second kappa shape index (κ2) is 9.62. The van der Waals surface area contributed by atoms with Gasteiger partial charge in [-0.3, -0.25) is 9.10 Å². The van der Waals surface area contributed by atoms with Gasteiger partial charge in [-0.15, -0.1) is 0 Å². The van der Waals surface area contributed by atoms with E-state index in [1.54, 1.807) is 71.6 Å². The Morgan fingerprint density at radius 1 is 0.879 bits per heavy atom. The van der Waals surface area contributed by atoms with Crippen LogP contribution < -0.4 is 9.21 Å². The molecule has 0 N–H and O–H groups in total. The van der Waals surface area contributed by atoms with E-state index in [1.165, 1.54) is 17.4 Å². The first-order valence-electron chi connectivity index (χ1n) is 10.8. The van der Waals surface area contributed by atoms with Gasteiger partial charge in [-0.05, 0) is 42.0 Å². The van der Waals surface area contributed by atoms with Crippen molar-refractivity contribution in [1.82, 2.24) is 4.90 Å². The zero-order chi connectivity index (χ0) is 23.4. The maximum absolute atomic E-state index is 14.0. The fourth-order valence-corrected chi connectivity index (χ4v) is 5.12. The van der Waals surface area contributed by atoms with E-state index < -0.39 is 10.0 Å². The van der Waals surface area contributed by atoms with Gasteiger partial charge in [0.05, 0.1) is 22.7 Å². The summed E-state index contributed by atoms with van der Waals surface area (Å²) in [5.41, 5.74) is 1.90. The number of hydrogen-bond donors (Lipinski definition) is 0. The van der Waals surface area contributed by atoms with Crippen molar-refractivity contribution in [2.24, 2.45) is 0 Å². The van der Waals surface area contributed by atoms with E-state index in [0.717, 1.165) is 5.56 Å². The Morgan fingerprint density at radius 3 is 2.12 bits per heavy atom. The van der Waals surface area contributed by atoms with E-state index in [1.807, 2.05) is 11.0 Å². The normalized spacial score (nSPS) is 14.2. The van der Waals surface area contributed by atoms with E-state index in [-0.39, 0.29) is 23.0 Å². The van der Waals surface area contributed by atoms with Gasteiger partial charge in [0.15, 0.2) is 0 Å². The van der Waals surface area contributed by atoms with Gasteiger partial charge < -0.3 is 9.80 Å². The van der Waals surface area contributed by atoms with Crippen LogP contribution in [0.2, 0.25) is 0 Å². The Hall–Kier alpha value is -3.39. The molecule has 3 aromatic rings. The van der Waals surface area contributed by atoms with Crippen LogP contribution in [0.25, 0.3) is 0 Å². The van der Waals surface area contributed by atoms with E-state index in [2.05, 4.69) is 0 Å². The minimum atomic E-state index is -3.65. The molecule has 172 valence electrons. The fraction of sp³-hybridized carbons (Fsp3) is 0.240. The molecule has 1 amide bonds. The molecule has 1 aliphatic rings. The Balaban J connectivity index is 1.36. The van der Waals surface area contributed by atoms with Crippen LogP contribution >= 0.6 is 0 Å². The molecule has 3 aromatic carbocycles. The first-order chi connectivity index (χ1) is 15.9. The maximum Gasteiger partial charge on any atom is 0.264 e. The Morgan fingerprint density at radius 2 is 1.48 bits per heavy atom. The number of hydrogen-bond acceptors (Lipinski definition) is 4. The quantitative estimate of drug-likeness (QED) is 0.556. The van der Waals surface area contributed by atoms with Crippen molar-refractivity contribution in [2.75, 3.05) is 42.4 Å². The molecule has 0 atom stereocenters. The highest BCUT2D eigenvalue weighted by atomic mass is 32.2. The lowest BCUT2D eigenvalue weighted by Crippen LogP contribution is -2.49. The van der Waals surface area contributed by atoms with Crippen LogP contribution in [0.5, 0.6) is 0 Å². The molecule has 33 heavy (non-hydrogen) atoms. The van der Waals surface area contributed by atoms with Gasteiger partial charge >= 0.3 is 0 Å². The van der Waals surface area contributed by atoms with Crippen molar-refractivity contribution in [3.63, 3.8) is 0 Å². The molecule has 0 spiro atoms. The number of benzene rings is 3. The predicted octanol–water partition coefficient (Wildman–Crippen LogP) is 3.54. The number of anilines is 2. The monoisotopic (exact) mass is 467 g/mol. The average molecular weight is 468 g/mol. The highest BCUT2D eigenvalue weighted by Gasteiger charge is 2.24. The van der Waals surface area contributed by atoms with Crippen molar-refractivity contribution in [3.05, 3.63) is 90.2 Å². The summed E-state index contributed by atoms with van der Waals surface area (Å²) < 4.78 is 40.8. The zero-order valence-corrected chi connectivity index (χ0v) is 19.2. The molecule has 4 rings (SSSR count). The van der Waals surface area contributed by atoms with Crippen molar-refractivity contribution in [3.8, 4) is 0 Å². The summed E-state index contributed by atoms with van der Waals surface area (Å²) >= 11 is 0. The number of sulfonamides is 1. The van der Waals surface area contributed by atoms with Crippen LogP contribution in [0.15, 0.2) is 83.8 Å². The van der Waals surface area contributed by atoms with Crippen molar-refractivity contribution < 1.29 is 17.6 Å². The van der Waals surface area contributed by atoms with E-state index in [9.17, 15) is 17.6 Å². The zero-order valence-electron chi connectivity index (χ0n) is 18.4.